The molecular formula is C16H17Br2NO. The summed E-state index contributed by atoms with van der Waals surface area (Å²) in [5, 5.41) is 3.34. The number of hydrogen-bond acceptors (Lipinski definition) is 2. The first-order valence-corrected chi connectivity index (χ1v) is 8.12. The fourth-order valence-electron chi connectivity index (χ4n) is 1.88. The van der Waals surface area contributed by atoms with Crippen LogP contribution in [0.15, 0.2) is 45.3 Å². The molecule has 2 aromatic rings. The zero-order valence-corrected chi connectivity index (χ0v) is 14.7. The summed E-state index contributed by atoms with van der Waals surface area (Å²) in [6.07, 6.45) is 0. The van der Waals surface area contributed by atoms with E-state index in [1.54, 1.807) is 0 Å². The first kappa shape index (κ1) is 15.5. The quantitative estimate of drug-likeness (QED) is 0.725. The highest BCUT2D eigenvalue weighted by Gasteiger charge is 2.08. The van der Waals surface area contributed by atoms with Gasteiger partial charge in [-0.2, -0.15) is 0 Å². The van der Waals surface area contributed by atoms with Gasteiger partial charge in [-0.15, -0.1) is 0 Å². The Morgan fingerprint density at radius 3 is 2.50 bits per heavy atom. The molecule has 0 atom stereocenters. The molecule has 0 amide bonds. The zero-order chi connectivity index (χ0) is 14.5. The van der Waals surface area contributed by atoms with Gasteiger partial charge in [0, 0.05) is 16.6 Å². The molecule has 2 aromatic carbocycles. The largest absolute Gasteiger partial charge is 0.456 e. The Balaban J connectivity index is 2.27. The van der Waals surface area contributed by atoms with Gasteiger partial charge in [0.2, 0.25) is 0 Å². The molecule has 0 unspecified atom stereocenters. The van der Waals surface area contributed by atoms with Crippen LogP contribution in [0.25, 0.3) is 0 Å². The van der Waals surface area contributed by atoms with Gasteiger partial charge < -0.3 is 10.1 Å². The molecule has 0 radical (unpaired) electrons. The predicted octanol–water partition coefficient (Wildman–Crippen LogP) is 5.42. The van der Waals surface area contributed by atoms with Crippen LogP contribution in [0.1, 0.15) is 18.1 Å². The molecular weight excluding hydrogens is 382 g/mol. The number of halogens is 2. The number of rotatable bonds is 5. The highest BCUT2D eigenvalue weighted by molar-refractivity contribution is 9.11. The third-order valence-electron chi connectivity index (χ3n) is 2.90. The molecule has 106 valence electrons. The van der Waals surface area contributed by atoms with Crippen molar-refractivity contribution >= 4 is 31.9 Å². The smallest absolute Gasteiger partial charge is 0.141 e. The van der Waals surface area contributed by atoms with E-state index < -0.39 is 0 Å². The second kappa shape index (κ2) is 7.25. The van der Waals surface area contributed by atoms with Gasteiger partial charge in [-0.3, -0.25) is 0 Å². The Morgan fingerprint density at radius 1 is 1.05 bits per heavy atom. The van der Waals surface area contributed by atoms with E-state index in [0.717, 1.165) is 33.5 Å². The average molecular weight is 399 g/mol. The van der Waals surface area contributed by atoms with Crippen molar-refractivity contribution in [3.63, 3.8) is 0 Å². The van der Waals surface area contributed by atoms with Crippen LogP contribution >= 0.6 is 31.9 Å². The minimum Gasteiger partial charge on any atom is -0.456 e. The second-order valence-corrected chi connectivity index (χ2v) is 6.34. The molecule has 4 heteroatoms. The standard InChI is InChI=1S/C16H17Br2NO/c1-3-19-10-12-8-11(2)4-6-15(12)20-16-7-5-13(17)9-14(16)18/h4-9,19H,3,10H2,1-2H3. The molecule has 0 fully saturated rings. The second-order valence-electron chi connectivity index (χ2n) is 4.57. The first-order chi connectivity index (χ1) is 9.60. The fraction of sp³-hybridized carbons (Fsp3) is 0.250. The lowest BCUT2D eigenvalue weighted by Crippen LogP contribution is -2.12. The summed E-state index contributed by atoms with van der Waals surface area (Å²) in [5.74, 6) is 1.70. The van der Waals surface area contributed by atoms with Crippen LogP contribution < -0.4 is 10.1 Å². The molecule has 0 aliphatic carbocycles. The van der Waals surface area contributed by atoms with Gasteiger partial charge in [-0.25, -0.2) is 0 Å². The molecule has 0 aliphatic heterocycles. The Bertz CT molecular complexity index is 599. The van der Waals surface area contributed by atoms with Crippen molar-refractivity contribution in [1.29, 1.82) is 0 Å². The van der Waals surface area contributed by atoms with E-state index in [2.05, 4.69) is 63.2 Å². The van der Waals surface area contributed by atoms with Crippen LogP contribution in [0.5, 0.6) is 11.5 Å². The average Bonchev–Trinajstić information content (AvgIpc) is 2.41. The van der Waals surface area contributed by atoms with Gasteiger partial charge in [-0.1, -0.05) is 40.5 Å². The van der Waals surface area contributed by atoms with Gasteiger partial charge in [0.25, 0.3) is 0 Å². The van der Waals surface area contributed by atoms with Gasteiger partial charge in [0.05, 0.1) is 4.47 Å². The molecule has 20 heavy (non-hydrogen) atoms. The Kier molecular flexibility index (Phi) is 5.64. The van der Waals surface area contributed by atoms with Crippen LogP contribution in [-0.4, -0.2) is 6.54 Å². The summed E-state index contributed by atoms with van der Waals surface area (Å²) < 4.78 is 7.99. The number of benzene rings is 2. The Hall–Kier alpha value is -0.840. The maximum atomic E-state index is 6.04. The van der Waals surface area contributed by atoms with Crippen molar-refractivity contribution in [3.05, 3.63) is 56.5 Å². The molecule has 0 heterocycles. The zero-order valence-electron chi connectivity index (χ0n) is 11.5. The summed E-state index contributed by atoms with van der Waals surface area (Å²) in [7, 11) is 0. The van der Waals surface area contributed by atoms with Crippen LogP contribution in [0.4, 0.5) is 0 Å². The molecule has 0 saturated heterocycles. The van der Waals surface area contributed by atoms with Gasteiger partial charge in [0.15, 0.2) is 0 Å². The third kappa shape index (κ3) is 4.08. The van der Waals surface area contributed by atoms with E-state index in [1.165, 1.54) is 11.1 Å². The maximum Gasteiger partial charge on any atom is 0.141 e. The molecule has 0 bridgehead atoms. The Morgan fingerprint density at radius 2 is 1.80 bits per heavy atom. The molecule has 0 saturated carbocycles. The molecule has 0 spiro atoms. The summed E-state index contributed by atoms with van der Waals surface area (Å²) in [5.41, 5.74) is 2.40. The monoisotopic (exact) mass is 397 g/mol. The van der Waals surface area contributed by atoms with E-state index in [1.807, 2.05) is 24.3 Å². The third-order valence-corrected chi connectivity index (χ3v) is 4.01. The summed E-state index contributed by atoms with van der Waals surface area (Å²) >= 11 is 6.97. The van der Waals surface area contributed by atoms with Crippen LogP contribution in [0.3, 0.4) is 0 Å². The number of nitrogens with one attached hydrogen (secondary N) is 1. The highest BCUT2D eigenvalue weighted by Crippen LogP contribution is 2.33. The summed E-state index contributed by atoms with van der Waals surface area (Å²) in [6.45, 7) is 5.94. The van der Waals surface area contributed by atoms with Crippen LogP contribution in [0, 0.1) is 6.92 Å². The normalized spacial score (nSPS) is 10.6. The lowest BCUT2D eigenvalue weighted by molar-refractivity contribution is 0.470. The van der Waals surface area contributed by atoms with Crippen LogP contribution in [0.2, 0.25) is 0 Å². The van der Waals surface area contributed by atoms with Crippen molar-refractivity contribution in [2.45, 2.75) is 20.4 Å². The Labute approximate surface area is 136 Å². The van der Waals surface area contributed by atoms with E-state index in [9.17, 15) is 0 Å². The fourth-order valence-corrected chi connectivity index (χ4v) is 3.01. The SMILES string of the molecule is CCNCc1cc(C)ccc1Oc1ccc(Br)cc1Br. The van der Waals surface area contributed by atoms with E-state index in [0.29, 0.717) is 0 Å². The first-order valence-electron chi connectivity index (χ1n) is 6.53. The number of aryl methyl sites for hydroxylation is 1. The highest BCUT2D eigenvalue weighted by atomic mass is 79.9. The van der Waals surface area contributed by atoms with E-state index in [4.69, 9.17) is 4.74 Å². The van der Waals surface area contributed by atoms with E-state index in [-0.39, 0.29) is 0 Å². The minimum atomic E-state index is 0.807. The van der Waals surface area contributed by atoms with Gasteiger partial charge in [0.1, 0.15) is 11.5 Å². The van der Waals surface area contributed by atoms with Crippen molar-refractivity contribution in [3.8, 4) is 11.5 Å². The number of ether oxygens (including phenoxy) is 1. The van der Waals surface area contributed by atoms with Crippen molar-refractivity contribution < 1.29 is 4.74 Å². The van der Waals surface area contributed by atoms with Crippen molar-refractivity contribution in [1.82, 2.24) is 5.32 Å². The van der Waals surface area contributed by atoms with Crippen molar-refractivity contribution in [2.75, 3.05) is 6.54 Å². The van der Waals surface area contributed by atoms with Gasteiger partial charge in [-0.05, 0) is 53.7 Å². The molecule has 0 aliphatic rings. The minimum absolute atomic E-state index is 0.807. The van der Waals surface area contributed by atoms with Crippen molar-refractivity contribution in [2.24, 2.45) is 0 Å². The molecule has 2 nitrogen and oxygen atoms in total. The summed E-state index contributed by atoms with van der Waals surface area (Å²) in [6, 6.07) is 12.1. The predicted molar refractivity (Wildman–Crippen MR) is 90.5 cm³/mol. The lowest BCUT2D eigenvalue weighted by Gasteiger charge is -2.13. The summed E-state index contributed by atoms with van der Waals surface area (Å²) in [4.78, 5) is 0. The van der Waals surface area contributed by atoms with E-state index >= 15 is 0 Å². The molecule has 1 N–H and O–H groups in total. The maximum absolute atomic E-state index is 6.04. The molecule has 0 aromatic heterocycles. The van der Waals surface area contributed by atoms with Crippen LogP contribution in [-0.2, 0) is 6.54 Å². The van der Waals surface area contributed by atoms with Gasteiger partial charge >= 0.3 is 0 Å². The number of hydrogen-bond donors (Lipinski definition) is 1. The lowest BCUT2D eigenvalue weighted by atomic mass is 10.1. The topological polar surface area (TPSA) is 21.3 Å². The molecule has 2 rings (SSSR count).